The van der Waals surface area contributed by atoms with Gasteiger partial charge in [-0.1, -0.05) is 18.2 Å². The van der Waals surface area contributed by atoms with Gasteiger partial charge in [-0.15, -0.1) is 0 Å². The van der Waals surface area contributed by atoms with Crippen molar-refractivity contribution in [2.45, 2.75) is 13.0 Å². The van der Waals surface area contributed by atoms with E-state index in [-0.39, 0.29) is 29.7 Å². The number of amides is 2. The zero-order valence-corrected chi connectivity index (χ0v) is 8.88. The molecule has 2 unspecified atom stereocenters. The fourth-order valence-corrected chi connectivity index (χ4v) is 2.43. The first-order valence-corrected chi connectivity index (χ1v) is 5.32. The molecule has 0 radical (unpaired) electrons. The van der Waals surface area contributed by atoms with Crippen LogP contribution in [0.15, 0.2) is 24.3 Å². The van der Waals surface area contributed by atoms with Gasteiger partial charge in [-0.3, -0.25) is 9.59 Å². The lowest BCUT2D eigenvalue weighted by atomic mass is 10.1. The average molecular weight is 216 g/mol. The first-order chi connectivity index (χ1) is 7.63. The van der Waals surface area contributed by atoms with Crippen molar-refractivity contribution in [3.8, 4) is 0 Å². The van der Waals surface area contributed by atoms with Crippen LogP contribution in [0.3, 0.4) is 0 Å². The number of hydrogen-bond donors (Lipinski definition) is 1. The fourth-order valence-electron chi connectivity index (χ4n) is 2.43. The quantitative estimate of drug-likeness (QED) is 0.693. The fraction of sp³-hybridized carbons (Fsp3) is 0.333. The lowest BCUT2D eigenvalue weighted by Crippen LogP contribution is -2.37. The second kappa shape index (κ2) is 2.92. The molecular weight excluding hydrogens is 204 g/mol. The van der Waals surface area contributed by atoms with E-state index in [1.54, 1.807) is 6.07 Å². The molecule has 16 heavy (non-hydrogen) atoms. The van der Waals surface area contributed by atoms with Gasteiger partial charge >= 0.3 is 0 Å². The van der Waals surface area contributed by atoms with Gasteiger partial charge in [0.2, 0.25) is 11.8 Å². The Morgan fingerprint density at radius 1 is 1.12 bits per heavy atom. The highest BCUT2D eigenvalue weighted by Crippen LogP contribution is 2.47. The maximum atomic E-state index is 11.9. The maximum Gasteiger partial charge on any atom is 0.239 e. The molecule has 2 fully saturated rings. The Morgan fingerprint density at radius 3 is 2.25 bits per heavy atom. The van der Waals surface area contributed by atoms with Crippen molar-refractivity contribution in [2.75, 3.05) is 4.90 Å². The number of nitrogens with two attached hydrogens (primary N) is 1. The minimum atomic E-state index is -0.271. The van der Waals surface area contributed by atoms with E-state index in [0.717, 1.165) is 5.56 Å². The highest BCUT2D eigenvalue weighted by molar-refractivity contribution is 6.26. The summed E-state index contributed by atoms with van der Waals surface area (Å²) in [6.07, 6.45) is 0. The summed E-state index contributed by atoms with van der Waals surface area (Å²) in [6.45, 7) is 1.89. The Morgan fingerprint density at radius 2 is 1.69 bits per heavy atom. The van der Waals surface area contributed by atoms with E-state index in [1.165, 1.54) is 4.90 Å². The Kier molecular flexibility index (Phi) is 1.74. The van der Waals surface area contributed by atoms with Crippen molar-refractivity contribution in [2.24, 2.45) is 17.6 Å². The second-order valence-electron chi connectivity index (χ2n) is 4.43. The van der Waals surface area contributed by atoms with E-state index >= 15 is 0 Å². The van der Waals surface area contributed by atoms with E-state index in [1.807, 2.05) is 25.1 Å². The summed E-state index contributed by atoms with van der Waals surface area (Å²) < 4.78 is 0. The first-order valence-electron chi connectivity index (χ1n) is 5.32. The molecule has 82 valence electrons. The van der Waals surface area contributed by atoms with Crippen LogP contribution in [0.25, 0.3) is 0 Å². The molecular formula is C12H12N2O2. The topological polar surface area (TPSA) is 63.4 Å². The van der Waals surface area contributed by atoms with Crippen molar-refractivity contribution >= 4 is 17.5 Å². The smallest absolute Gasteiger partial charge is 0.239 e. The summed E-state index contributed by atoms with van der Waals surface area (Å²) in [7, 11) is 0. The number of rotatable bonds is 1. The molecule has 0 aromatic heterocycles. The number of fused-ring (bicyclic) bond motifs is 1. The number of carbonyl (C=O) groups is 2. The van der Waals surface area contributed by atoms with Crippen LogP contribution in [0, 0.1) is 18.8 Å². The second-order valence-corrected chi connectivity index (χ2v) is 4.43. The third-order valence-corrected chi connectivity index (χ3v) is 3.44. The van der Waals surface area contributed by atoms with Crippen LogP contribution in [0.2, 0.25) is 0 Å². The normalized spacial score (nSPS) is 31.9. The molecule has 1 saturated heterocycles. The van der Waals surface area contributed by atoms with Crippen LogP contribution >= 0.6 is 0 Å². The van der Waals surface area contributed by atoms with Gasteiger partial charge < -0.3 is 5.73 Å². The Bertz CT molecular complexity index is 476. The number of nitrogens with zero attached hydrogens (tertiary/aromatic N) is 1. The standard InChI is InChI=1S/C12H12N2O2/c1-6-4-2-3-5-7(6)14-11(15)8-9(10(8)13)12(14)16/h2-5,8-10H,13H2,1H3. The predicted octanol–water partition coefficient (Wildman–Crippen LogP) is 0.442. The van der Waals surface area contributed by atoms with Crippen molar-refractivity contribution in [1.82, 2.24) is 0 Å². The van der Waals surface area contributed by atoms with Crippen LogP contribution in [0.5, 0.6) is 0 Å². The Balaban J connectivity index is 2.02. The number of piperidine rings is 1. The van der Waals surface area contributed by atoms with Gasteiger partial charge in [-0.05, 0) is 18.6 Å². The minimum Gasteiger partial charge on any atom is -0.326 e. The molecule has 0 bridgehead atoms. The molecule has 4 nitrogen and oxygen atoms in total. The zero-order valence-electron chi connectivity index (χ0n) is 8.88. The number of imide groups is 1. The number of para-hydroxylation sites is 1. The Labute approximate surface area is 93.0 Å². The molecule has 2 atom stereocenters. The summed E-state index contributed by atoms with van der Waals surface area (Å²) >= 11 is 0. The van der Waals surface area contributed by atoms with Crippen LogP contribution in [-0.2, 0) is 9.59 Å². The van der Waals surface area contributed by atoms with Gasteiger partial charge in [0.25, 0.3) is 0 Å². The molecule has 2 aliphatic rings. The third-order valence-electron chi connectivity index (χ3n) is 3.44. The van der Waals surface area contributed by atoms with Crippen LogP contribution in [-0.4, -0.2) is 17.9 Å². The van der Waals surface area contributed by atoms with Gasteiger partial charge in [0.05, 0.1) is 17.5 Å². The number of aryl methyl sites for hydroxylation is 1. The molecule has 1 aromatic rings. The molecule has 1 saturated carbocycles. The largest absolute Gasteiger partial charge is 0.326 e. The molecule has 2 amide bonds. The lowest BCUT2D eigenvalue weighted by molar-refractivity contribution is -0.123. The van der Waals surface area contributed by atoms with Crippen molar-refractivity contribution < 1.29 is 9.59 Å². The van der Waals surface area contributed by atoms with E-state index in [0.29, 0.717) is 5.69 Å². The van der Waals surface area contributed by atoms with E-state index < -0.39 is 0 Å². The zero-order chi connectivity index (χ0) is 11.4. The molecule has 1 aromatic carbocycles. The number of hydrogen-bond acceptors (Lipinski definition) is 3. The maximum absolute atomic E-state index is 11.9. The van der Waals surface area contributed by atoms with Gasteiger partial charge in [-0.2, -0.15) is 0 Å². The number of carbonyl (C=O) groups excluding carboxylic acids is 2. The summed E-state index contributed by atoms with van der Waals surface area (Å²) in [6, 6.07) is 7.14. The van der Waals surface area contributed by atoms with Crippen molar-refractivity contribution in [1.29, 1.82) is 0 Å². The molecule has 1 heterocycles. The minimum absolute atomic E-state index is 0.142. The lowest BCUT2D eigenvalue weighted by Gasteiger charge is -2.19. The Hall–Kier alpha value is -1.68. The van der Waals surface area contributed by atoms with Crippen LogP contribution < -0.4 is 10.6 Å². The molecule has 4 heteroatoms. The number of anilines is 1. The molecule has 2 N–H and O–H groups in total. The van der Waals surface area contributed by atoms with Crippen molar-refractivity contribution in [3.05, 3.63) is 29.8 Å². The monoisotopic (exact) mass is 216 g/mol. The average Bonchev–Trinajstić information content (AvgIpc) is 2.84. The van der Waals surface area contributed by atoms with E-state index in [9.17, 15) is 9.59 Å². The SMILES string of the molecule is Cc1ccccc1N1C(=O)C2C(N)C2C1=O. The summed E-state index contributed by atoms with van der Waals surface area (Å²) in [5.41, 5.74) is 7.28. The summed E-state index contributed by atoms with van der Waals surface area (Å²) in [4.78, 5) is 25.2. The molecule has 1 aliphatic carbocycles. The highest BCUT2D eigenvalue weighted by atomic mass is 16.2. The van der Waals surface area contributed by atoms with Gasteiger partial charge in [0.15, 0.2) is 0 Å². The molecule has 1 aliphatic heterocycles. The van der Waals surface area contributed by atoms with Gasteiger partial charge in [-0.25, -0.2) is 4.90 Å². The number of benzene rings is 1. The van der Waals surface area contributed by atoms with Crippen LogP contribution in [0.4, 0.5) is 5.69 Å². The molecule has 0 spiro atoms. The van der Waals surface area contributed by atoms with Gasteiger partial charge in [0, 0.05) is 6.04 Å². The highest BCUT2D eigenvalue weighted by Gasteiger charge is 2.66. The predicted molar refractivity (Wildman–Crippen MR) is 58.6 cm³/mol. The summed E-state index contributed by atoms with van der Waals surface area (Å²) in [5.74, 6) is -0.826. The van der Waals surface area contributed by atoms with Crippen molar-refractivity contribution in [3.63, 3.8) is 0 Å². The van der Waals surface area contributed by atoms with Gasteiger partial charge in [0.1, 0.15) is 0 Å². The van der Waals surface area contributed by atoms with Crippen LogP contribution in [0.1, 0.15) is 5.56 Å². The van der Waals surface area contributed by atoms with E-state index in [4.69, 9.17) is 5.73 Å². The first kappa shape index (κ1) is 9.54. The summed E-state index contributed by atoms with van der Waals surface area (Å²) in [5, 5.41) is 0. The van der Waals surface area contributed by atoms with E-state index in [2.05, 4.69) is 0 Å². The molecule has 3 rings (SSSR count). The third kappa shape index (κ3) is 1.02.